The molecule has 0 fully saturated rings. The van der Waals surface area contributed by atoms with Crippen LogP contribution in [0.5, 0.6) is 0 Å². The Labute approximate surface area is 90.9 Å². The zero-order valence-electron chi connectivity index (χ0n) is 9.53. The predicted molar refractivity (Wildman–Crippen MR) is 60.9 cm³/mol. The minimum atomic E-state index is -1.25. The summed E-state index contributed by atoms with van der Waals surface area (Å²) >= 11 is 0. The maximum absolute atomic E-state index is 10.6. The average molecular weight is 206 g/mol. The van der Waals surface area contributed by atoms with Crippen LogP contribution in [-0.4, -0.2) is 17.0 Å². The molecule has 0 saturated heterocycles. The molecule has 15 heavy (non-hydrogen) atoms. The summed E-state index contributed by atoms with van der Waals surface area (Å²) in [6.07, 6.45) is 0.957. The van der Waals surface area contributed by atoms with Crippen molar-refractivity contribution < 1.29 is 9.90 Å². The molecule has 1 unspecified atom stereocenters. The third-order valence-electron chi connectivity index (χ3n) is 2.46. The maximum atomic E-state index is 10.6. The normalized spacial score (nSPS) is 15.0. The van der Waals surface area contributed by atoms with Crippen LogP contribution in [0.1, 0.15) is 37.8 Å². The van der Waals surface area contributed by atoms with Crippen LogP contribution in [0.2, 0.25) is 0 Å². The molecule has 0 aliphatic carbocycles. The number of aldehydes is 1. The van der Waals surface area contributed by atoms with Gasteiger partial charge in [-0.1, -0.05) is 38.1 Å². The Morgan fingerprint density at radius 1 is 1.33 bits per heavy atom. The Bertz CT molecular complexity index is 323. The fraction of sp³-hybridized carbons (Fsp3) is 0.462. The quantitative estimate of drug-likeness (QED) is 0.767. The summed E-state index contributed by atoms with van der Waals surface area (Å²) in [6, 6.07) is 8.02. The van der Waals surface area contributed by atoms with E-state index in [1.54, 1.807) is 0 Å². The van der Waals surface area contributed by atoms with Gasteiger partial charge in [-0.3, -0.25) is 0 Å². The van der Waals surface area contributed by atoms with Gasteiger partial charge in [-0.2, -0.15) is 0 Å². The van der Waals surface area contributed by atoms with Gasteiger partial charge in [0.1, 0.15) is 5.60 Å². The van der Waals surface area contributed by atoms with E-state index < -0.39 is 5.60 Å². The molecule has 0 aliphatic heterocycles. The van der Waals surface area contributed by atoms with Crippen molar-refractivity contribution in [1.82, 2.24) is 0 Å². The fourth-order valence-electron chi connectivity index (χ4n) is 1.48. The average Bonchev–Trinajstić information content (AvgIpc) is 2.18. The van der Waals surface area contributed by atoms with E-state index in [4.69, 9.17) is 0 Å². The zero-order chi connectivity index (χ0) is 11.5. The highest BCUT2D eigenvalue weighted by atomic mass is 16.3. The lowest BCUT2D eigenvalue weighted by atomic mass is 9.95. The van der Waals surface area contributed by atoms with Gasteiger partial charge in [-0.15, -0.1) is 0 Å². The third-order valence-corrected chi connectivity index (χ3v) is 2.46. The van der Waals surface area contributed by atoms with E-state index >= 15 is 0 Å². The summed E-state index contributed by atoms with van der Waals surface area (Å²) in [7, 11) is 0. The van der Waals surface area contributed by atoms with Crippen molar-refractivity contribution >= 4 is 6.29 Å². The second-order valence-electron chi connectivity index (χ2n) is 4.55. The van der Waals surface area contributed by atoms with Gasteiger partial charge >= 0.3 is 0 Å². The molecule has 0 aromatic heterocycles. The van der Waals surface area contributed by atoms with E-state index in [1.807, 2.05) is 24.3 Å². The van der Waals surface area contributed by atoms with Crippen molar-refractivity contribution in [3.05, 3.63) is 35.4 Å². The number of carbonyl (C=O) groups excluding carboxylic acids is 1. The number of aliphatic hydroxyl groups is 1. The molecule has 0 bridgehead atoms. The van der Waals surface area contributed by atoms with Gasteiger partial charge in [-0.25, -0.2) is 0 Å². The van der Waals surface area contributed by atoms with Gasteiger partial charge in [0.2, 0.25) is 0 Å². The Hall–Kier alpha value is -1.15. The second kappa shape index (κ2) is 4.58. The number of hydrogen-bond donors (Lipinski definition) is 1. The lowest BCUT2D eigenvalue weighted by Gasteiger charge is -2.15. The molecular weight excluding hydrogens is 188 g/mol. The minimum Gasteiger partial charge on any atom is -0.382 e. The molecular formula is C13H18O2. The summed E-state index contributed by atoms with van der Waals surface area (Å²) in [6.45, 7) is 5.80. The van der Waals surface area contributed by atoms with Crippen molar-refractivity contribution in [2.24, 2.45) is 0 Å². The summed E-state index contributed by atoms with van der Waals surface area (Å²) in [5.74, 6) is 0.505. The van der Waals surface area contributed by atoms with Gasteiger partial charge < -0.3 is 9.90 Å². The zero-order valence-corrected chi connectivity index (χ0v) is 9.53. The van der Waals surface area contributed by atoms with Crippen molar-refractivity contribution in [3.8, 4) is 0 Å². The lowest BCUT2D eigenvalue weighted by molar-refractivity contribution is -0.122. The fourth-order valence-corrected chi connectivity index (χ4v) is 1.48. The first-order valence-electron chi connectivity index (χ1n) is 5.22. The molecule has 82 valence electrons. The van der Waals surface area contributed by atoms with Crippen LogP contribution in [-0.2, 0) is 11.2 Å². The second-order valence-corrected chi connectivity index (χ2v) is 4.55. The number of hydrogen-bond acceptors (Lipinski definition) is 2. The lowest BCUT2D eigenvalue weighted by Crippen LogP contribution is -2.28. The minimum absolute atomic E-state index is 0.370. The number of rotatable bonds is 4. The monoisotopic (exact) mass is 206 g/mol. The highest BCUT2D eigenvalue weighted by Gasteiger charge is 2.19. The molecule has 2 nitrogen and oxygen atoms in total. The molecule has 0 spiro atoms. The summed E-state index contributed by atoms with van der Waals surface area (Å²) in [5, 5.41) is 9.59. The van der Waals surface area contributed by atoms with E-state index in [0.717, 1.165) is 5.56 Å². The van der Waals surface area contributed by atoms with E-state index in [-0.39, 0.29) is 0 Å². The Morgan fingerprint density at radius 3 is 2.27 bits per heavy atom. The van der Waals surface area contributed by atoms with Crippen molar-refractivity contribution in [2.75, 3.05) is 0 Å². The molecule has 0 aliphatic rings. The molecule has 1 aromatic carbocycles. The highest BCUT2D eigenvalue weighted by Crippen LogP contribution is 2.17. The van der Waals surface area contributed by atoms with Crippen LogP contribution in [0.25, 0.3) is 0 Å². The predicted octanol–water partition coefficient (Wildman–Crippen LogP) is 2.30. The van der Waals surface area contributed by atoms with E-state index in [9.17, 15) is 9.90 Å². The first-order valence-corrected chi connectivity index (χ1v) is 5.22. The molecule has 1 aromatic rings. The first kappa shape index (κ1) is 11.9. The molecule has 0 saturated carbocycles. The van der Waals surface area contributed by atoms with Crippen molar-refractivity contribution in [1.29, 1.82) is 0 Å². The van der Waals surface area contributed by atoms with Crippen LogP contribution >= 0.6 is 0 Å². The van der Waals surface area contributed by atoms with Crippen LogP contribution in [0.15, 0.2) is 24.3 Å². The standard InChI is InChI=1S/C13H18O2/c1-10(2)12-6-4-11(5-7-12)8-13(3,15)9-14/h4-7,9-10,15H,8H2,1-3H3. The van der Waals surface area contributed by atoms with Gasteiger partial charge in [0.05, 0.1) is 0 Å². The maximum Gasteiger partial charge on any atom is 0.151 e. The molecule has 0 heterocycles. The van der Waals surface area contributed by atoms with Gasteiger partial charge in [0.25, 0.3) is 0 Å². The number of carbonyl (C=O) groups is 1. The van der Waals surface area contributed by atoms with Gasteiger partial charge in [0.15, 0.2) is 6.29 Å². The Morgan fingerprint density at radius 2 is 1.87 bits per heavy atom. The summed E-state index contributed by atoms with van der Waals surface area (Å²) < 4.78 is 0. The Balaban J connectivity index is 2.77. The molecule has 0 radical (unpaired) electrons. The SMILES string of the molecule is CC(C)c1ccc(CC(C)(O)C=O)cc1. The van der Waals surface area contributed by atoms with E-state index in [1.165, 1.54) is 12.5 Å². The van der Waals surface area contributed by atoms with Gasteiger partial charge in [-0.05, 0) is 24.0 Å². The topological polar surface area (TPSA) is 37.3 Å². The largest absolute Gasteiger partial charge is 0.382 e. The third kappa shape index (κ3) is 3.48. The van der Waals surface area contributed by atoms with Gasteiger partial charge in [0, 0.05) is 6.42 Å². The van der Waals surface area contributed by atoms with E-state index in [2.05, 4.69) is 13.8 Å². The smallest absolute Gasteiger partial charge is 0.151 e. The van der Waals surface area contributed by atoms with Crippen LogP contribution < -0.4 is 0 Å². The summed E-state index contributed by atoms with van der Waals surface area (Å²) in [5.41, 5.74) is 1.00. The molecule has 1 atom stereocenters. The molecule has 0 amide bonds. The number of benzene rings is 1. The molecule has 2 heteroatoms. The van der Waals surface area contributed by atoms with Crippen molar-refractivity contribution in [3.63, 3.8) is 0 Å². The summed E-state index contributed by atoms with van der Waals surface area (Å²) in [4.78, 5) is 10.6. The van der Waals surface area contributed by atoms with Crippen LogP contribution in [0.4, 0.5) is 0 Å². The highest BCUT2D eigenvalue weighted by molar-refractivity contribution is 5.62. The first-order chi connectivity index (χ1) is 6.94. The molecule has 1 rings (SSSR count). The van der Waals surface area contributed by atoms with Crippen LogP contribution in [0, 0.1) is 0 Å². The molecule has 1 N–H and O–H groups in total. The van der Waals surface area contributed by atoms with Crippen molar-refractivity contribution in [2.45, 2.75) is 38.7 Å². The Kier molecular flexibility index (Phi) is 3.64. The van der Waals surface area contributed by atoms with E-state index in [0.29, 0.717) is 18.6 Å². The van der Waals surface area contributed by atoms with Crippen LogP contribution in [0.3, 0.4) is 0 Å².